The van der Waals surface area contributed by atoms with Gasteiger partial charge in [-0.25, -0.2) is 4.98 Å². The first-order valence-corrected chi connectivity index (χ1v) is 7.46. The fraction of sp³-hybridized carbons (Fsp3) is 0.692. The maximum Gasteiger partial charge on any atom is 0.135 e. The predicted molar refractivity (Wildman–Crippen MR) is 77.5 cm³/mol. The number of methoxy groups -OCH3 is 1. The minimum atomic E-state index is 0.0859. The molecule has 1 unspecified atom stereocenters. The highest BCUT2D eigenvalue weighted by Gasteiger charge is 2.19. The van der Waals surface area contributed by atoms with Crippen LogP contribution in [0.15, 0.2) is 0 Å². The number of likely N-dealkylation sites (tertiary alicyclic amines) is 1. The number of piperidine rings is 1. The Morgan fingerprint density at radius 2 is 2.42 bits per heavy atom. The summed E-state index contributed by atoms with van der Waals surface area (Å²) in [5.74, 6) is 0.849. The number of amidine groups is 1. The summed E-state index contributed by atoms with van der Waals surface area (Å²) in [6, 6.07) is 0. The van der Waals surface area contributed by atoms with Crippen LogP contribution in [0.4, 0.5) is 0 Å². The number of nitrogens with two attached hydrogens (primary N) is 1. The molecule has 0 radical (unpaired) electrons. The number of ether oxygens (including phenoxy) is 1. The van der Waals surface area contributed by atoms with Gasteiger partial charge in [0, 0.05) is 13.7 Å². The lowest BCUT2D eigenvalue weighted by molar-refractivity contribution is 0.173. The van der Waals surface area contributed by atoms with Gasteiger partial charge in [0.15, 0.2) is 0 Å². The SMILES string of the molecule is COCc1nc(CN2CCCC(C)C2)sc1C(=N)N. The van der Waals surface area contributed by atoms with E-state index in [2.05, 4.69) is 16.8 Å². The molecule has 0 amide bonds. The van der Waals surface area contributed by atoms with Crippen molar-refractivity contribution in [1.29, 1.82) is 5.41 Å². The van der Waals surface area contributed by atoms with Crippen molar-refractivity contribution >= 4 is 17.2 Å². The van der Waals surface area contributed by atoms with Crippen molar-refractivity contribution in [2.75, 3.05) is 20.2 Å². The molecule has 0 aromatic carbocycles. The van der Waals surface area contributed by atoms with E-state index in [-0.39, 0.29) is 5.84 Å². The second kappa shape index (κ2) is 6.45. The molecule has 19 heavy (non-hydrogen) atoms. The number of rotatable bonds is 5. The number of nitrogen functional groups attached to an aromatic ring is 1. The van der Waals surface area contributed by atoms with E-state index in [9.17, 15) is 0 Å². The molecule has 1 aromatic heterocycles. The summed E-state index contributed by atoms with van der Waals surface area (Å²) in [6.45, 7) is 5.85. The molecule has 1 saturated heterocycles. The summed E-state index contributed by atoms with van der Waals surface area (Å²) in [5, 5.41) is 8.63. The van der Waals surface area contributed by atoms with Gasteiger partial charge in [-0.1, -0.05) is 6.92 Å². The standard InChI is InChI=1S/C13H22N4OS/c1-9-4-3-5-17(6-9)7-11-16-10(8-18-2)12(19-11)13(14)15/h9H,3-8H2,1-2H3,(H3,14,15). The second-order valence-electron chi connectivity index (χ2n) is 5.21. The number of nitrogens with one attached hydrogen (secondary N) is 1. The molecule has 6 heteroatoms. The Morgan fingerprint density at radius 3 is 3.05 bits per heavy atom. The summed E-state index contributed by atoms with van der Waals surface area (Å²) in [7, 11) is 1.63. The van der Waals surface area contributed by atoms with E-state index in [0.717, 1.165) is 41.1 Å². The Bertz CT molecular complexity index is 446. The van der Waals surface area contributed by atoms with Crippen molar-refractivity contribution in [2.24, 2.45) is 11.7 Å². The zero-order valence-electron chi connectivity index (χ0n) is 11.6. The van der Waals surface area contributed by atoms with E-state index >= 15 is 0 Å². The number of aromatic nitrogens is 1. The lowest BCUT2D eigenvalue weighted by atomic mass is 10.0. The van der Waals surface area contributed by atoms with Gasteiger partial charge in [0.2, 0.25) is 0 Å². The van der Waals surface area contributed by atoms with Crippen LogP contribution < -0.4 is 5.73 Å². The van der Waals surface area contributed by atoms with E-state index in [4.69, 9.17) is 15.9 Å². The smallest absolute Gasteiger partial charge is 0.135 e. The molecule has 1 fully saturated rings. The van der Waals surface area contributed by atoms with E-state index < -0.39 is 0 Å². The minimum Gasteiger partial charge on any atom is -0.383 e. The highest BCUT2D eigenvalue weighted by molar-refractivity contribution is 7.13. The van der Waals surface area contributed by atoms with Crippen LogP contribution in [-0.4, -0.2) is 35.9 Å². The monoisotopic (exact) mass is 282 g/mol. The molecule has 0 aliphatic carbocycles. The first-order chi connectivity index (χ1) is 9.10. The van der Waals surface area contributed by atoms with E-state index in [1.54, 1.807) is 7.11 Å². The first kappa shape index (κ1) is 14.4. The second-order valence-corrected chi connectivity index (χ2v) is 6.30. The van der Waals surface area contributed by atoms with Gasteiger partial charge in [0.05, 0.1) is 23.7 Å². The molecule has 1 aliphatic rings. The number of hydrogen-bond donors (Lipinski definition) is 2. The van der Waals surface area contributed by atoms with E-state index in [1.807, 2.05) is 0 Å². The van der Waals surface area contributed by atoms with Crippen molar-refractivity contribution in [3.05, 3.63) is 15.6 Å². The van der Waals surface area contributed by atoms with Crippen molar-refractivity contribution < 1.29 is 4.74 Å². The summed E-state index contributed by atoms with van der Waals surface area (Å²) in [6.07, 6.45) is 2.58. The third-order valence-corrected chi connectivity index (χ3v) is 4.48. The molecule has 0 bridgehead atoms. The summed E-state index contributed by atoms with van der Waals surface area (Å²) >= 11 is 1.52. The Labute approximate surface area is 118 Å². The zero-order chi connectivity index (χ0) is 13.8. The molecule has 5 nitrogen and oxygen atoms in total. The lowest BCUT2D eigenvalue weighted by Crippen LogP contribution is -2.33. The van der Waals surface area contributed by atoms with E-state index in [1.165, 1.54) is 24.2 Å². The largest absolute Gasteiger partial charge is 0.383 e. The Balaban J connectivity index is 2.07. The van der Waals surface area contributed by atoms with Gasteiger partial charge in [0.25, 0.3) is 0 Å². The number of nitrogens with zero attached hydrogens (tertiary/aromatic N) is 2. The van der Waals surface area contributed by atoms with Gasteiger partial charge < -0.3 is 10.5 Å². The maximum absolute atomic E-state index is 7.60. The average molecular weight is 282 g/mol. The number of hydrogen-bond acceptors (Lipinski definition) is 5. The highest BCUT2D eigenvalue weighted by atomic mass is 32.1. The van der Waals surface area contributed by atoms with E-state index in [0.29, 0.717) is 6.61 Å². The molecule has 3 N–H and O–H groups in total. The van der Waals surface area contributed by atoms with Crippen LogP contribution in [0.3, 0.4) is 0 Å². The van der Waals surface area contributed by atoms with Gasteiger partial charge in [0.1, 0.15) is 10.8 Å². The fourth-order valence-electron chi connectivity index (χ4n) is 2.54. The van der Waals surface area contributed by atoms with Crippen molar-refractivity contribution in [2.45, 2.75) is 32.9 Å². The predicted octanol–water partition coefficient (Wildman–Crippen LogP) is 1.81. The van der Waals surface area contributed by atoms with Crippen LogP contribution in [0.2, 0.25) is 0 Å². The quantitative estimate of drug-likeness (QED) is 0.638. The van der Waals surface area contributed by atoms with Crippen molar-refractivity contribution in [3.8, 4) is 0 Å². The van der Waals surface area contributed by atoms with Gasteiger partial charge in [-0.2, -0.15) is 0 Å². The lowest BCUT2D eigenvalue weighted by Gasteiger charge is -2.29. The molecule has 106 valence electrons. The molecule has 0 saturated carbocycles. The molecule has 1 aliphatic heterocycles. The molecule has 2 heterocycles. The molecule has 1 atom stereocenters. The van der Waals surface area contributed by atoms with Crippen LogP contribution in [0, 0.1) is 11.3 Å². The Hall–Kier alpha value is -0.980. The van der Waals surface area contributed by atoms with Gasteiger partial charge >= 0.3 is 0 Å². The van der Waals surface area contributed by atoms with Crippen molar-refractivity contribution in [1.82, 2.24) is 9.88 Å². The third kappa shape index (κ3) is 3.75. The van der Waals surface area contributed by atoms with Gasteiger partial charge in [-0.15, -0.1) is 11.3 Å². The fourth-order valence-corrected chi connectivity index (χ4v) is 3.51. The summed E-state index contributed by atoms with van der Waals surface area (Å²) < 4.78 is 5.12. The first-order valence-electron chi connectivity index (χ1n) is 6.64. The van der Waals surface area contributed by atoms with Crippen LogP contribution >= 0.6 is 11.3 Å². The Morgan fingerprint density at radius 1 is 1.63 bits per heavy atom. The van der Waals surface area contributed by atoms with Crippen LogP contribution in [0.5, 0.6) is 0 Å². The zero-order valence-corrected chi connectivity index (χ0v) is 12.4. The molecule has 0 spiro atoms. The van der Waals surface area contributed by atoms with Crippen molar-refractivity contribution in [3.63, 3.8) is 0 Å². The maximum atomic E-state index is 7.60. The molecule has 2 rings (SSSR count). The van der Waals surface area contributed by atoms with Crippen LogP contribution in [-0.2, 0) is 17.9 Å². The number of thiazole rings is 1. The molecular weight excluding hydrogens is 260 g/mol. The summed E-state index contributed by atoms with van der Waals surface area (Å²) in [5.41, 5.74) is 6.39. The summed E-state index contributed by atoms with van der Waals surface area (Å²) in [4.78, 5) is 7.76. The molecule has 1 aromatic rings. The molecular formula is C13H22N4OS. The normalized spacial score (nSPS) is 20.6. The minimum absolute atomic E-state index is 0.0859. The Kier molecular flexibility index (Phi) is 4.90. The topological polar surface area (TPSA) is 75.2 Å². The van der Waals surface area contributed by atoms with Crippen LogP contribution in [0.1, 0.15) is 35.3 Å². The van der Waals surface area contributed by atoms with Crippen LogP contribution in [0.25, 0.3) is 0 Å². The highest BCUT2D eigenvalue weighted by Crippen LogP contribution is 2.23. The van der Waals surface area contributed by atoms with Gasteiger partial charge in [-0.05, 0) is 25.3 Å². The van der Waals surface area contributed by atoms with Gasteiger partial charge in [-0.3, -0.25) is 10.3 Å². The average Bonchev–Trinajstić information content (AvgIpc) is 2.73. The third-order valence-electron chi connectivity index (χ3n) is 3.37.